The normalized spacial score (nSPS) is 23.3. The smallest absolute Gasteiger partial charge is 0.243 e. The van der Waals surface area contributed by atoms with Gasteiger partial charge in [-0.1, -0.05) is 60.2 Å². The lowest BCUT2D eigenvalue weighted by Crippen LogP contribution is -2.47. The second kappa shape index (κ2) is 8.70. The molecular weight excluding hydrogens is 440 g/mol. The Hall–Kier alpha value is -2.92. The molecule has 1 aromatic heterocycles. The maximum absolute atomic E-state index is 13.8. The van der Waals surface area contributed by atoms with Gasteiger partial charge in [0.1, 0.15) is 6.54 Å². The van der Waals surface area contributed by atoms with Crippen molar-refractivity contribution in [2.45, 2.75) is 50.6 Å². The summed E-state index contributed by atoms with van der Waals surface area (Å²) in [5.41, 5.74) is 4.84. The molecule has 1 aliphatic heterocycles. The van der Waals surface area contributed by atoms with Crippen LogP contribution in [-0.4, -0.2) is 40.7 Å². The summed E-state index contributed by atoms with van der Waals surface area (Å²) < 4.78 is 0. The third kappa shape index (κ3) is 4.07. The van der Waals surface area contributed by atoms with Crippen LogP contribution in [0.3, 0.4) is 0 Å². The van der Waals surface area contributed by atoms with Gasteiger partial charge in [0.05, 0.1) is 6.04 Å². The van der Waals surface area contributed by atoms with E-state index in [1.807, 2.05) is 28.0 Å². The minimum atomic E-state index is -0.0720. The van der Waals surface area contributed by atoms with Crippen molar-refractivity contribution in [2.75, 3.05) is 13.1 Å². The second-order valence-corrected chi connectivity index (χ2v) is 11.0. The molecule has 34 heavy (non-hydrogen) atoms. The lowest BCUT2D eigenvalue weighted by atomic mass is 9.92. The molecule has 4 nitrogen and oxygen atoms in total. The zero-order valence-corrected chi connectivity index (χ0v) is 20.3. The minimum absolute atomic E-state index is 0.0218. The van der Waals surface area contributed by atoms with E-state index in [-0.39, 0.29) is 36.4 Å². The third-order valence-electron chi connectivity index (χ3n) is 7.59. The quantitative estimate of drug-likeness (QED) is 0.489. The van der Waals surface area contributed by atoms with Gasteiger partial charge in [-0.3, -0.25) is 9.59 Å². The lowest BCUT2D eigenvalue weighted by molar-refractivity contribution is -0.143. The van der Waals surface area contributed by atoms with Crippen molar-refractivity contribution < 1.29 is 9.59 Å². The summed E-state index contributed by atoms with van der Waals surface area (Å²) in [5.74, 6) is 0.562. The van der Waals surface area contributed by atoms with E-state index in [0.29, 0.717) is 12.5 Å². The van der Waals surface area contributed by atoms with Crippen LogP contribution in [0.4, 0.5) is 0 Å². The number of rotatable bonds is 6. The topological polar surface area (TPSA) is 40.6 Å². The van der Waals surface area contributed by atoms with Gasteiger partial charge >= 0.3 is 0 Å². The molecular formula is C29H30N2O2S. The van der Waals surface area contributed by atoms with Crippen LogP contribution in [-0.2, 0) is 16.0 Å². The molecule has 2 fully saturated rings. The number of nitrogens with zero attached hydrogens (tertiary/aromatic N) is 2. The SMILES string of the molecule is Cc1ccc(C2c3ccsc3CCN2C(=O)CN(C(=O)C2CC2c2ccccc2)C2CC2)cc1. The summed E-state index contributed by atoms with van der Waals surface area (Å²) in [6.07, 6.45) is 3.81. The van der Waals surface area contributed by atoms with E-state index >= 15 is 0 Å². The van der Waals surface area contributed by atoms with Gasteiger partial charge in [0.15, 0.2) is 0 Å². The summed E-state index contributed by atoms with van der Waals surface area (Å²) in [6.45, 7) is 2.99. The minimum Gasteiger partial charge on any atom is -0.330 e. The molecule has 2 aliphatic carbocycles. The standard InChI is InChI=1S/C29H30N2O2S/c1-19-7-9-21(10-8-19)28-23-14-16-34-26(23)13-15-30(28)27(32)18-31(22-11-12-22)29(33)25-17-24(25)20-5-3-2-4-6-20/h2-10,14,16,22,24-25,28H,11-13,15,17-18H2,1H3. The van der Waals surface area contributed by atoms with E-state index in [1.165, 1.54) is 21.6 Å². The first-order valence-electron chi connectivity index (χ1n) is 12.4. The Morgan fingerprint density at radius 1 is 1.00 bits per heavy atom. The predicted molar refractivity (Wildman–Crippen MR) is 135 cm³/mol. The molecule has 2 amide bonds. The molecule has 2 saturated carbocycles. The first kappa shape index (κ1) is 21.6. The highest BCUT2D eigenvalue weighted by molar-refractivity contribution is 7.10. The molecule has 5 heteroatoms. The largest absolute Gasteiger partial charge is 0.330 e. The maximum Gasteiger partial charge on any atom is 0.243 e. The number of hydrogen-bond donors (Lipinski definition) is 0. The van der Waals surface area contributed by atoms with Crippen molar-refractivity contribution in [1.82, 2.24) is 9.80 Å². The van der Waals surface area contributed by atoms with Gasteiger partial charge in [-0.25, -0.2) is 0 Å². The first-order chi connectivity index (χ1) is 16.6. The highest BCUT2D eigenvalue weighted by Crippen LogP contribution is 2.49. The number of fused-ring (bicyclic) bond motifs is 1. The van der Waals surface area contributed by atoms with Gasteiger partial charge in [-0.05, 0) is 66.7 Å². The van der Waals surface area contributed by atoms with E-state index in [0.717, 1.165) is 31.2 Å². The van der Waals surface area contributed by atoms with E-state index in [4.69, 9.17) is 0 Å². The molecule has 3 atom stereocenters. The Kier molecular flexibility index (Phi) is 5.53. The Morgan fingerprint density at radius 3 is 2.50 bits per heavy atom. The highest BCUT2D eigenvalue weighted by Gasteiger charge is 2.49. The average molecular weight is 471 g/mol. The lowest BCUT2D eigenvalue weighted by Gasteiger charge is -2.37. The summed E-state index contributed by atoms with van der Waals surface area (Å²) in [5, 5.41) is 2.14. The Bertz CT molecular complexity index is 1200. The number of carbonyl (C=O) groups excluding carboxylic acids is 2. The first-order valence-corrected chi connectivity index (χ1v) is 13.3. The highest BCUT2D eigenvalue weighted by atomic mass is 32.1. The average Bonchev–Trinajstić information content (AvgIpc) is 3.79. The summed E-state index contributed by atoms with van der Waals surface area (Å²) in [6, 6.07) is 21.2. The van der Waals surface area contributed by atoms with Crippen LogP contribution in [0.25, 0.3) is 0 Å². The van der Waals surface area contributed by atoms with Crippen LogP contribution >= 0.6 is 11.3 Å². The van der Waals surface area contributed by atoms with Crippen LogP contribution < -0.4 is 0 Å². The fourth-order valence-electron chi connectivity index (χ4n) is 5.45. The number of carbonyl (C=O) groups is 2. The van der Waals surface area contributed by atoms with Crippen LogP contribution in [0, 0.1) is 12.8 Å². The van der Waals surface area contributed by atoms with Crippen LogP contribution in [0.15, 0.2) is 66.0 Å². The molecule has 3 aliphatic rings. The van der Waals surface area contributed by atoms with Gasteiger partial charge in [0, 0.05) is 23.4 Å². The van der Waals surface area contributed by atoms with Gasteiger partial charge in [0.25, 0.3) is 0 Å². The monoisotopic (exact) mass is 470 g/mol. The van der Waals surface area contributed by atoms with E-state index in [1.54, 1.807) is 11.3 Å². The molecule has 0 N–H and O–H groups in total. The molecule has 3 unspecified atom stereocenters. The van der Waals surface area contributed by atoms with Crippen molar-refractivity contribution >= 4 is 23.2 Å². The third-order valence-corrected chi connectivity index (χ3v) is 8.59. The molecule has 174 valence electrons. The number of amides is 2. The van der Waals surface area contributed by atoms with Gasteiger partial charge in [-0.2, -0.15) is 0 Å². The molecule has 0 bridgehead atoms. The van der Waals surface area contributed by atoms with E-state index < -0.39 is 0 Å². The number of benzene rings is 2. The van der Waals surface area contributed by atoms with E-state index in [2.05, 4.69) is 54.8 Å². The van der Waals surface area contributed by atoms with Gasteiger partial charge < -0.3 is 9.80 Å². The summed E-state index contributed by atoms with van der Waals surface area (Å²) in [7, 11) is 0. The van der Waals surface area contributed by atoms with Crippen molar-refractivity contribution in [2.24, 2.45) is 5.92 Å². The van der Waals surface area contributed by atoms with Crippen molar-refractivity contribution in [1.29, 1.82) is 0 Å². The second-order valence-electron chi connectivity index (χ2n) is 10.0. The van der Waals surface area contributed by atoms with Crippen molar-refractivity contribution in [3.8, 4) is 0 Å². The fourth-order valence-corrected chi connectivity index (χ4v) is 6.36. The molecule has 2 heterocycles. The summed E-state index contributed by atoms with van der Waals surface area (Å²) >= 11 is 1.78. The molecule has 3 aromatic rings. The Morgan fingerprint density at radius 2 is 1.76 bits per heavy atom. The zero-order valence-electron chi connectivity index (χ0n) is 19.5. The Labute approximate surface area is 205 Å². The van der Waals surface area contributed by atoms with Crippen LogP contribution in [0.1, 0.15) is 58.4 Å². The Balaban J connectivity index is 1.22. The van der Waals surface area contributed by atoms with Gasteiger partial charge in [-0.15, -0.1) is 11.3 Å². The van der Waals surface area contributed by atoms with Crippen LogP contribution in [0.2, 0.25) is 0 Å². The molecule has 0 saturated heterocycles. The molecule has 0 spiro atoms. The predicted octanol–water partition coefficient (Wildman–Crippen LogP) is 5.33. The number of aryl methyl sites for hydroxylation is 1. The maximum atomic E-state index is 13.8. The number of thiophene rings is 1. The summed E-state index contributed by atoms with van der Waals surface area (Å²) in [4.78, 5) is 32.5. The molecule has 0 radical (unpaired) electrons. The van der Waals surface area contributed by atoms with Crippen molar-refractivity contribution in [3.63, 3.8) is 0 Å². The van der Waals surface area contributed by atoms with Crippen LogP contribution in [0.5, 0.6) is 0 Å². The number of hydrogen-bond acceptors (Lipinski definition) is 3. The van der Waals surface area contributed by atoms with Gasteiger partial charge in [0.2, 0.25) is 11.8 Å². The molecule has 6 rings (SSSR count). The molecule has 2 aromatic carbocycles. The van der Waals surface area contributed by atoms with E-state index in [9.17, 15) is 9.59 Å². The zero-order chi connectivity index (χ0) is 23.2. The fraction of sp³-hybridized carbons (Fsp3) is 0.379. The van der Waals surface area contributed by atoms with Crippen molar-refractivity contribution in [3.05, 3.63) is 93.2 Å².